The van der Waals surface area contributed by atoms with Crippen LogP contribution < -0.4 is 5.32 Å². The maximum atomic E-state index is 12.4. The number of amides is 1. The van der Waals surface area contributed by atoms with E-state index >= 15 is 0 Å². The van der Waals surface area contributed by atoms with Crippen LogP contribution in [0.1, 0.15) is 35.6 Å². The summed E-state index contributed by atoms with van der Waals surface area (Å²) in [6.07, 6.45) is 1.02. The number of carbonyl (C=O) groups is 1. The quantitative estimate of drug-likeness (QED) is 0.549. The Morgan fingerprint density at radius 1 is 1.30 bits per heavy atom. The smallest absolute Gasteiger partial charge is 0.271 e. The van der Waals surface area contributed by atoms with Crippen molar-refractivity contribution < 1.29 is 9.21 Å². The number of rotatable bonds is 6. The molecule has 0 aliphatic heterocycles. The first-order valence-corrected chi connectivity index (χ1v) is 9.65. The highest BCUT2D eigenvalue weighted by atomic mass is 32.1. The molecule has 0 spiro atoms. The summed E-state index contributed by atoms with van der Waals surface area (Å²) in [4.78, 5) is 16.9. The van der Waals surface area contributed by atoms with Gasteiger partial charge in [-0.3, -0.25) is 4.79 Å². The Bertz CT molecular complexity index is 1090. The van der Waals surface area contributed by atoms with E-state index in [1.165, 1.54) is 22.2 Å². The molecule has 0 aliphatic carbocycles. The van der Waals surface area contributed by atoms with Crippen LogP contribution >= 0.6 is 11.3 Å². The Morgan fingerprint density at radius 3 is 2.93 bits per heavy atom. The van der Waals surface area contributed by atoms with E-state index in [0.29, 0.717) is 17.5 Å². The van der Waals surface area contributed by atoms with E-state index in [-0.39, 0.29) is 12.5 Å². The second-order valence-corrected chi connectivity index (χ2v) is 7.03. The minimum Gasteiger partial charge on any atom is -0.424 e. The molecule has 1 aromatic carbocycles. The van der Waals surface area contributed by atoms with Crippen molar-refractivity contribution in [2.45, 2.75) is 33.4 Å². The third-order valence-electron chi connectivity index (χ3n) is 4.18. The molecule has 0 fully saturated rings. The van der Waals surface area contributed by atoms with Crippen LogP contribution in [0.25, 0.3) is 21.6 Å². The molecule has 3 aromatic heterocycles. The Hall–Kier alpha value is -3.00. The Balaban J connectivity index is 1.58. The van der Waals surface area contributed by atoms with Crippen molar-refractivity contribution in [1.29, 1.82) is 0 Å². The lowest BCUT2D eigenvalue weighted by molar-refractivity contribution is 0.0943. The Labute approximate surface area is 160 Å². The lowest BCUT2D eigenvalue weighted by Gasteiger charge is -2.07. The summed E-state index contributed by atoms with van der Waals surface area (Å²) in [7, 11) is 0. The minimum absolute atomic E-state index is 0.183. The molecular formula is C19H19N5O2S. The summed E-state index contributed by atoms with van der Waals surface area (Å²) in [5.41, 5.74) is 2.61. The van der Waals surface area contributed by atoms with Crippen molar-refractivity contribution >= 4 is 28.1 Å². The third-order valence-corrected chi connectivity index (χ3v) is 5.05. The molecule has 7 nitrogen and oxygen atoms in total. The number of carbonyl (C=O) groups excluding carboxylic acids is 1. The standard InChI is InChI=1S/C19H19N5O2S/c1-3-8-24-15-7-5-4-6-13(15)9-16(24)19-21-14(11-27-19)18(25)20-10-17-23-22-12(2)26-17/h4-7,9,11H,3,8,10H2,1-2H3,(H,20,25). The maximum absolute atomic E-state index is 12.4. The SMILES string of the molecule is CCCn1c(-c2nc(C(=O)NCc3nnc(C)o3)cs2)cc2ccccc21. The van der Waals surface area contributed by atoms with E-state index in [1.807, 2.05) is 12.1 Å². The van der Waals surface area contributed by atoms with Crippen molar-refractivity contribution in [2.24, 2.45) is 0 Å². The van der Waals surface area contributed by atoms with Crippen molar-refractivity contribution in [3.05, 3.63) is 53.2 Å². The zero-order chi connectivity index (χ0) is 18.8. The lowest BCUT2D eigenvalue weighted by Crippen LogP contribution is -2.23. The number of nitrogens with zero attached hydrogens (tertiary/aromatic N) is 4. The lowest BCUT2D eigenvalue weighted by atomic mass is 10.2. The van der Waals surface area contributed by atoms with Gasteiger partial charge in [0.1, 0.15) is 10.7 Å². The summed E-state index contributed by atoms with van der Waals surface area (Å²) >= 11 is 1.47. The molecule has 0 aliphatic rings. The molecule has 0 unspecified atom stereocenters. The zero-order valence-electron chi connectivity index (χ0n) is 15.1. The Kier molecular flexibility index (Phi) is 4.72. The van der Waals surface area contributed by atoms with Gasteiger partial charge in [-0.1, -0.05) is 25.1 Å². The molecule has 0 radical (unpaired) electrons. The van der Waals surface area contributed by atoms with Crippen molar-refractivity contribution in [3.8, 4) is 10.7 Å². The van der Waals surface area contributed by atoms with Crippen LogP contribution in [0, 0.1) is 6.92 Å². The molecular weight excluding hydrogens is 362 g/mol. The van der Waals surface area contributed by atoms with Crippen molar-refractivity contribution in [2.75, 3.05) is 0 Å². The van der Waals surface area contributed by atoms with Gasteiger partial charge in [0.25, 0.3) is 5.91 Å². The summed E-state index contributed by atoms with van der Waals surface area (Å²) in [6, 6.07) is 10.4. The summed E-state index contributed by atoms with van der Waals surface area (Å²) < 4.78 is 7.52. The van der Waals surface area contributed by atoms with E-state index < -0.39 is 0 Å². The van der Waals surface area contributed by atoms with Crippen LogP contribution in [0.3, 0.4) is 0 Å². The van der Waals surface area contributed by atoms with Gasteiger partial charge in [-0.25, -0.2) is 4.98 Å². The van der Waals surface area contributed by atoms with Gasteiger partial charge in [-0.2, -0.15) is 0 Å². The third kappa shape index (κ3) is 3.48. The van der Waals surface area contributed by atoms with Crippen LogP contribution in [0.5, 0.6) is 0 Å². The molecule has 0 atom stereocenters. The summed E-state index contributed by atoms with van der Waals surface area (Å²) in [6.45, 7) is 4.95. The molecule has 4 aromatic rings. The molecule has 3 heterocycles. The average Bonchev–Trinajstić information content (AvgIpc) is 3.39. The predicted molar refractivity (Wildman–Crippen MR) is 104 cm³/mol. The van der Waals surface area contributed by atoms with Gasteiger partial charge in [0.2, 0.25) is 11.8 Å². The molecule has 0 saturated heterocycles. The van der Waals surface area contributed by atoms with E-state index in [9.17, 15) is 4.79 Å². The van der Waals surface area contributed by atoms with Gasteiger partial charge in [0, 0.05) is 29.8 Å². The number of hydrogen-bond acceptors (Lipinski definition) is 6. The summed E-state index contributed by atoms with van der Waals surface area (Å²) in [5, 5.41) is 14.2. The highest BCUT2D eigenvalue weighted by Crippen LogP contribution is 2.30. The second kappa shape index (κ2) is 7.32. The fourth-order valence-corrected chi connectivity index (χ4v) is 3.83. The fourth-order valence-electron chi connectivity index (χ4n) is 3.00. The molecule has 1 amide bonds. The molecule has 0 saturated carbocycles. The first kappa shape index (κ1) is 17.4. The highest BCUT2D eigenvalue weighted by Gasteiger charge is 2.16. The van der Waals surface area contributed by atoms with E-state index in [1.54, 1.807) is 12.3 Å². The Morgan fingerprint density at radius 2 is 2.15 bits per heavy atom. The van der Waals surface area contributed by atoms with Crippen molar-refractivity contribution in [1.82, 2.24) is 25.1 Å². The van der Waals surface area contributed by atoms with Gasteiger partial charge in [0.15, 0.2) is 0 Å². The molecule has 27 heavy (non-hydrogen) atoms. The number of thiazole rings is 1. The first-order valence-electron chi connectivity index (χ1n) is 8.77. The molecule has 8 heteroatoms. The monoisotopic (exact) mass is 381 g/mol. The van der Waals surface area contributed by atoms with Crippen LogP contribution in [0.2, 0.25) is 0 Å². The molecule has 4 rings (SSSR count). The summed E-state index contributed by atoms with van der Waals surface area (Å²) in [5.74, 6) is 0.588. The number of aryl methyl sites for hydroxylation is 2. The largest absolute Gasteiger partial charge is 0.424 e. The van der Waals surface area contributed by atoms with E-state index in [4.69, 9.17) is 4.42 Å². The molecule has 1 N–H and O–H groups in total. The minimum atomic E-state index is -0.258. The zero-order valence-corrected chi connectivity index (χ0v) is 15.9. The number of fused-ring (bicyclic) bond motifs is 1. The van der Waals surface area contributed by atoms with Gasteiger partial charge >= 0.3 is 0 Å². The number of para-hydroxylation sites is 1. The average molecular weight is 381 g/mol. The number of aromatic nitrogens is 4. The second-order valence-electron chi connectivity index (χ2n) is 6.18. The van der Waals surface area contributed by atoms with Crippen LogP contribution in [0.4, 0.5) is 0 Å². The van der Waals surface area contributed by atoms with Crippen LogP contribution in [0.15, 0.2) is 40.1 Å². The van der Waals surface area contributed by atoms with Gasteiger partial charge in [-0.15, -0.1) is 21.5 Å². The van der Waals surface area contributed by atoms with Crippen LogP contribution in [-0.4, -0.2) is 25.7 Å². The first-order chi connectivity index (χ1) is 13.2. The van der Waals surface area contributed by atoms with Gasteiger partial charge in [0.05, 0.1) is 12.2 Å². The van der Waals surface area contributed by atoms with Crippen LogP contribution in [-0.2, 0) is 13.1 Å². The predicted octanol–water partition coefficient (Wildman–Crippen LogP) is 3.80. The topological polar surface area (TPSA) is 85.8 Å². The maximum Gasteiger partial charge on any atom is 0.271 e. The van der Waals surface area contributed by atoms with Crippen molar-refractivity contribution in [3.63, 3.8) is 0 Å². The normalized spacial score (nSPS) is 11.2. The van der Waals surface area contributed by atoms with Gasteiger partial charge in [-0.05, 0) is 18.6 Å². The number of benzene rings is 1. The molecule has 138 valence electrons. The van der Waals surface area contributed by atoms with E-state index in [0.717, 1.165) is 23.7 Å². The fraction of sp³-hybridized carbons (Fsp3) is 0.263. The number of nitrogens with one attached hydrogen (secondary N) is 1. The number of hydrogen-bond donors (Lipinski definition) is 1. The highest BCUT2D eigenvalue weighted by molar-refractivity contribution is 7.13. The van der Waals surface area contributed by atoms with Gasteiger partial charge < -0.3 is 14.3 Å². The molecule has 0 bridgehead atoms. The van der Waals surface area contributed by atoms with E-state index in [2.05, 4.69) is 50.2 Å².